The van der Waals surface area contributed by atoms with E-state index in [1.807, 2.05) is 31.2 Å². The molecular weight excluding hydrogens is 306 g/mol. The molecule has 0 atom stereocenters. The van der Waals surface area contributed by atoms with Gasteiger partial charge in [-0.05, 0) is 30.7 Å². The number of hydrogen-bond acceptors (Lipinski definition) is 5. The summed E-state index contributed by atoms with van der Waals surface area (Å²) in [7, 11) is 0. The molecule has 118 valence electrons. The number of aromatic nitrogens is 4. The molecule has 0 spiro atoms. The molecular formula is C17H13N5O2. The van der Waals surface area contributed by atoms with Crippen molar-refractivity contribution in [2.45, 2.75) is 6.92 Å². The highest BCUT2D eigenvalue weighted by Gasteiger charge is 2.20. The van der Waals surface area contributed by atoms with Gasteiger partial charge in [0.2, 0.25) is 0 Å². The molecule has 0 amide bonds. The molecule has 0 aliphatic rings. The molecule has 24 heavy (non-hydrogen) atoms. The minimum absolute atomic E-state index is 0.00148. The number of aryl methyl sites for hydroxylation is 1. The van der Waals surface area contributed by atoms with Crippen LogP contribution in [0.2, 0.25) is 0 Å². The number of carboxylic acids is 1. The fourth-order valence-corrected chi connectivity index (χ4v) is 2.72. The molecule has 3 aromatic heterocycles. The predicted molar refractivity (Wildman–Crippen MR) is 90.6 cm³/mol. The van der Waals surface area contributed by atoms with Crippen molar-refractivity contribution in [2.75, 3.05) is 5.32 Å². The van der Waals surface area contributed by atoms with Gasteiger partial charge in [0.1, 0.15) is 11.3 Å². The van der Waals surface area contributed by atoms with Gasteiger partial charge in [0, 0.05) is 23.5 Å². The number of aromatic carboxylic acids is 1. The summed E-state index contributed by atoms with van der Waals surface area (Å²) in [4.78, 5) is 20.2. The van der Waals surface area contributed by atoms with Crippen LogP contribution in [-0.4, -0.2) is 31.2 Å². The number of aromatic amines is 1. The van der Waals surface area contributed by atoms with E-state index in [0.29, 0.717) is 27.6 Å². The Balaban J connectivity index is 2.00. The third-order valence-corrected chi connectivity index (χ3v) is 3.78. The van der Waals surface area contributed by atoms with Crippen LogP contribution >= 0.6 is 0 Å². The van der Waals surface area contributed by atoms with Crippen molar-refractivity contribution in [3.05, 3.63) is 54.0 Å². The fourth-order valence-electron chi connectivity index (χ4n) is 2.72. The zero-order valence-corrected chi connectivity index (χ0v) is 12.7. The summed E-state index contributed by atoms with van der Waals surface area (Å²) in [5.41, 5.74) is 3.14. The van der Waals surface area contributed by atoms with Gasteiger partial charge in [-0.15, -0.1) is 0 Å². The maximum absolute atomic E-state index is 11.5. The van der Waals surface area contributed by atoms with E-state index in [4.69, 9.17) is 0 Å². The number of hydrogen-bond donors (Lipinski definition) is 3. The van der Waals surface area contributed by atoms with Crippen LogP contribution in [0.15, 0.2) is 42.7 Å². The number of rotatable bonds is 3. The average Bonchev–Trinajstić information content (AvgIpc) is 3.01. The van der Waals surface area contributed by atoms with E-state index < -0.39 is 5.97 Å². The standard InChI is InChI=1S/C17H13N5O2/c1-9-3-2-4-10(7-9)19-16-13-14(21-22-15(13)17(23)24)11-8-18-6-5-12(11)20-16/h2-8H,1H3,(H,19,20)(H,21,22)(H,23,24). The third-order valence-electron chi connectivity index (χ3n) is 3.78. The minimum Gasteiger partial charge on any atom is -0.477 e. The first-order valence-electron chi connectivity index (χ1n) is 7.32. The molecule has 0 saturated carbocycles. The van der Waals surface area contributed by atoms with E-state index in [1.54, 1.807) is 18.5 Å². The van der Waals surface area contributed by atoms with Gasteiger partial charge in [-0.25, -0.2) is 9.78 Å². The Kier molecular flexibility index (Phi) is 3.13. The molecule has 0 saturated heterocycles. The van der Waals surface area contributed by atoms with Gasteiger partial charge in [-0.2, -0.15) is 5.10 Å². The van der Waals surface area contributed by atoms with Gasteiger partial charge in [0.15, 0.2) is 5.69 Å². The Labute approximate surface area is 136 Å². The number of nitrogens with one attached hydrogen (secondary N) is 2. The highest BCUT2D eigenvalue weighted by Crippen LogP contribution is 2.31. The maximum Gasteiger partial charge on any atom is 0.354 e. The Hall–Kier alpha value is -3.48. The van der Waals surface area contributed by atoms with Crippen molar-refractivity contribution in [3.8, 4) is 0 Å². The molecule has 7 heteroatoms. The van der Waals surface area contributed by atoms with Gasteiger partial charge >= 0.3 is 5.97 Å². The Morgan fingerprint density at radius 1 is 1.29 bits per heavy atom. The first-order valence-corrected chi connectivity index (χ1v) is 7.32. The second-order valence-electron chi connectivity index (χ2n) is 5.48. The summed E-state index contributed by atoms with van der Waals surface area (Å²) < 4.78 is 0. The van der Waals surface area contributed by atoms with Gasteiger partial charge in [0.25, 0.3) is 0 Å². The van der Waals surface area contributed by atoms with E-state index in [2.05, 4.69) is 25.5 Å². The van der Waals surface area contributed by atoms with Gasteiger partial charge in [-0.3, -0.25) is 10.1 Å². The van der Waals surface area contributed by atoms with Crippen molar-refractivity contribution in [1.82, 2.24) is 20.2 Å². The minimum atomic E-state index is -1.09. The molecule has 4 rings (SSSR count). The normalized spacial score (nSPS) is 11.0. The zero-order chi connectivity index (χ0) is 16.7. The van der Waals surface area contributed by atoms with Crippen LogP contribution < -0.4 is 5.32 Å². The number of nitrogens with zero attached hydrogens (tertiary/aromatic N) is 3. The number of carboxylic acid groups (broad SMARTS) is 1. The van der Waals surface area contributed by atoms with Crippen LogP contribution in [0, 0.1) is 6.92 Å². The molecule has 0 radical (unpaired) electrons. The summed E-state index contributed by atoms with van der Waals surface area (Å²) in [6, 6.07) is 9.54. The number of carbonyl (C=O) groups is 1. The highest BCUT2D eigenvalue weighted by molar-refractivity contribution is 6.14. The molecule has 0 aliphatic carbocycles. The monoisotopic (exact) mass is 319 g/mol. The van der Waals surface area contributed by atoms with Crippen LogP contribution in [-0.2, 0) is 0 Å². The SMILES string of the molecule is Cc1cccc(Nc2nc3ccncc3c3n[nH]c(C(=O)O)c23)c1. The number of pyridine rings is 2. The summed E-state index contributed by atoms with van der Waals surface area (Å²) in [6.45, 7) is 1.99. The topological polar surface area (TPSA) is 104 Å². The van der Waals surface area contributed by atoms with Crippen molar-refractivity contribution >= 4 is 39.3 Å². The molecule has 0 aliphatic heterocycles. The van der Waals surface area contributed by atoms with Gasteiger partial charge in [0.05, 0.1) is 10.9 Å². The van der Waals surface area contributed by atoms with Crippen LogP contribution in [0.5, 0.6) is 0 Å². The fraction of sp³-hybridized carbons (Fsp3) is 0.0588. The van der Waals surface area contributed by atoms with Gasteiger partial charge in [-0.1, -0.05) is 12.1 Å². The smallest absolute Gasteiger partial charge is 0.354 e. The molecule has 0 fully saturated rings. The van der Waals surface area contributed by atoms with Crippen molar-refractivity contribution < 1.29 is 9.90 Å². The summed E-state index contributed by atoms with van der Waals surface area (Å²) in [6.07, 6.45) is 3.27. The number of benzene rings is 1. The maximum atomic E-state index is 11.5. The second kappa shape index (κ2) is 5.31. The van der Waals surface area contributed by atoms with Crippen LogP contribution in [0.25, 0.3) is 21.8 Å². The molecule has 3 heterocycles. The summed E-state index contributed by atoms with van der Waals surface area (Å²) in [5, 5.41) is 20.5. The first kappa shape index (κ1) is 14.1. The Bertz CT molecular complexity index is 1090. The third kappa shape index (κ3) is 2.23. The van der Waals surface area contributed by atoms with E-state index in [9.17, 15) is 9.90 Å². The lowest BCUT2D eigenvalue weighted by Gasteiger charge is -2.09. The zero-order valence-electron chi connectivity index (χ0n) is 12.7. The number of fused-ring (bicyclic) bond motifs is 3. The second-order valence-corrected chi connectivity index (χ2v) is 5.48. The van der Waals surface area contributed by atoms with E-state index in [0.717, 1.165) is 11.3 Å². The molecule has 0 unspecified atom stereocenters. The van der Waals surface area contributed by atoms with Crippen molar-refractivity contribution in [3.63, 3.8) is 0 Å². The first-order chi connectivity index (χ1) is 11.6. The molecule has 4 aromatic rings. The molecule has 1 aromatic carbocycles. The lowest BCUT2D eigenvalue weighted by molar-refractivity contribution is 0.0692. The van der Waals surface area contributed by atoms with Crippen LogP contribution in [0.4, 0.5) is 11.5 Å². The average molecular weight is 319 g/mol. The van der Waals surface area contributed by atoms with Crippen LogP contribution in [0.3, 0.4) is 0 Å². The summed E-state index contributed by atoms with van der Waals surface area (Å²) in [5.74, 6) is -0.643. The molecule has 7 nitrogen and oxygen atoms in total. The number of anilines is 2. The lowest BCUT2D eigenvalue weighted by Crippen LogP contribution is -2.01. The lowest BCUT2D eigenvalue weighted by atomic mass is 10.1. The largest absolute Gasteiger partial charge is 0.477 e. The molecule has 0 bridgehead atoms. The number of H-pyrrole nitrogens is 1. The van der Waals surface area contributed by atoms with E-state index in [1.165, 1.54) is 0 Å². The highest BCUT2D eigenvalue weighted by atomic mass is 16.4. The van der Waals surface area contributed by atoms with E-state index >= 15 is 0 Å². The van der Waals surface area contributed by atoms with Crippen LogP contribution in [0.1, 0.15) is 16.1 Å². The quantitative estimate of drug-likeness (QED) is 0.535. The Morgan fingerprint density at radius 2 is 2.17 bits per heavy atom. The van der Waals surface area contributed by atoms with Crippen molar-refractivity contribution in [2.24, 2.45) is 0 Å². The van der Waals surface area contributed by atoms with E-state index in [-0.39, 0.29) is 5.69 Å². The predicted octanol–water partition coefficient (Wildman–Crippen LogP) is 3.26. The van der Waals surface area contributed by atoms with Crippen molar-refractivity contribution in [1.29, 1.82) is 0 Å². The Morgan fingerprint density at radius 3 is 2.96 bits per heavy atom. The summed E-state index contributed by atoms with van der Waals surface area (Å²) >= 11 is 0. The molecule has 3 N–H and O–H groups in total. The van der Waals surface area contributed by atoms with Gasteiger partial charge < -0.3 is 10.4 Å².